The summed E-state index contributed by atoms with van der Waals surface area (Å²) in [5.74, 6) is 5.72. The molecule has 1 heterocycles. The summed E-state index contributed by atoms with van der Waals surface area (Å²) in [5, 5.41) is 10.6. The monoisotopic (exact) mass is 441 g/mol. The first kappa shape index (κ1) is 21.0. The van der Waals surface area contributed by atoms with E-state index in [4.69, 9.17) is 17.4 Å². The van der Waals surface area contributed by atoms with E-state index < -0.39 is 17.6 Å². The number of nitrogens with one attached hydrogen (secondary N) is 1. The van der Waals surface area contributed by atoms with E-state index in [1.54, 1.807) is 0 Å². The Morgan fingerprint density at radius 2 is 1.90 bits per heavy atom. The molecule has 0 unspecified atom stereocenters. The van der Waals surface area contributed by atoms with Crippen molar-refractivity contribution in [3.05, 3.63) is 58.6 Å². The average Bonchev–Trinajstić information content (AvgIpc) is 3.02. The molecule has 152 valence electrons. The number of aromatic nitrogens is 3. The van der Waals surface area contributed by atoms with E-state index in [1.165, 1.54) is 4.68 Å². The summed E-state index contributed by atoms with van der Waals surface area (Å²) in [5.41, 5.74) is 0.810. The summed E-state index contributed by atoms with van der Waals surface area (Å²) < 4.78 is 39.7. The highest BCUT2D eigenvalue weighted by atomic mass is 35.5. The highest BCUT2D eigenvalue weighted by Gasteiger charge is 2.31. The van der Waals surface area contributed by atoms with Crippen LogP contribution in [0.3, 0.4) is 0 Å². The molecular weight excluding hydrogens is 427 g/mol. The maximum atomic E-state index is 12.8. The number of rotatable bonds is 5. The quantitative estimate of drug-likeness (QED) is 0.453. The molecule has 1 aromatic heterocycles. The number of nitrogens with zero attached hydrogens (tertiary/aromatic N) is 3. The van der Waals surface area contributed by atoms with Gasteiger partial charge in [0.25, 0.3) is 0 Å². The SMILES string of the molecule is Cc1ccc(-c2nnc(SCC(=O)Nc3cc(C(F)(F)F)ccc3Cl)n2N)cc1. The second-order valence-corrected chi connectivity index (χ2v) is 7.42. The molecule has 6 nitrogen and oxygen atoms in total. The van der Waals surface area contributed by atoms with Gasteiger partial charge < -0.3 is 11.2 Å². The topological polar surface area (TPSA) is 85.8 Å². The minimum atomic E-state index is -4.54. The van der Waals surface area contributed by atoms with Crippen LogP contribution in [0.5, 0.6) is 0 Å². The summed E-state index contributed by atoms with van der Waals surface area (Å²) in [6.07, 6.45) is -4.54. The lowest BCUT2D eigenvalue weighted by molar-refractivity contribution is -0.137. The van der Waals surface area contributed by atoms with Gasteiger partial charge >= 0.3 is 6.18 Å². The third-order valence-corrected chi connectivity index (χ3v) is 5.15. The lowest BCUT2D eigenvalue weighted by Crippen LogP contribution is -2.17. The fourth-order valence-electron chi connectivity index (χ4n) is 2.39. The number of alkyl halides is 3. The largest absolute Gasteiger partial charge is 0.416 e. The number of amides is 1. The Labute approximate surface area is 173 Å². The number of benzene rings is 2. The van der Waals surface area contributed by atoms with Gasteiger partial charge in [-0.25, -0.2) is 4.68 Å². The van der Waals surface area contributed by atoms with Crippen LogP contribution in [-0.2, 0) is 11.0 Å². The molecule has 0 aliphatic heterocycles. The lowest BCUT2D eigenvalue weighted by Gasteiger charge is -2.11. The summed E-state index contributed by atoms with van der Waals surface area (Å²) in [4.78, 5) is 12.2. The smallest absolute Gasteiger partial charge is 0.335 e. The van der Waals surface area contributed by atoms with Crippen LogP contribution < -0.4 is 11.2 Å². The highest BCUT2D eigenvalue weighted by Crippen LogP contribution is 2.34. The van der Waals surface area contributed by atoms with Crippen molar-refractivity contribution in [2.45, 2.75) is 18.3 Å². The third kappa shape index (κ3) is 5.01. The van der Waals surface area contributed by atoms with Gasteiger partial charge in [-0.1, -0.05) is 53.2 Å². The Balaban J connectivity index is 1.67. The molecule has 0 saturated heterocycles. The normalized spacial score (nSPS) is 11.5. The second-order valence-electron chi connectivity index (χ2n) is 6.07. The maximum Gasteiger partial charge on any atom is 0.416 e. The van der Waals surface area contributed by atoms with Crippen molar-refractivity contribution in [1.82, 2.24) is 14.9 Å². The van der Waals surface area contributed by atoms with Crippen LogP contribution in [0.1, 0.15) is 11.1 Å². The fourth-order valence-corrected chi connectivity index (χ4v) is 3.21. The Hall–Kier alpha value is -2.72. The lowest BCUT2D eigenvalue weighted by atomic mass is 10.1. The number of hydrogen-bond acceptors (Lipinski definition) is 5. The molecule has 29 heavy (non-hydrogen) atoms. The molecule has 0 fully saturated rings. The van der Waals surface area contributed by atoms with Crippen LogP contribution >= 0.6 is 23.4 Å². The summed E-state index contributed by atoms with van der Waals surface area (Å²) in [7, 11) is 0. The van der Waals surface area contributed by atoms with Gasteiger partial charge in [0.05, 0.1) is 22.0 Å². The number of nitrogens with two attached hydrogens (primary N) is 1. The molecule has 0 aliphatic rings. The molecule has 0 bridgehead atoms. The van der Waals surface area contributed by atoms with E-state index in [2.05, 4.69) is 15.5 Å². The fraction of sp³-hybridized carbons (Fsp3) is 0.167. The number of thioether (sulfide) groups is 1. The predicted molar refractivity (Wildman–Crippen MR) is 106 cm³/mol. The van der Waals surface area contributed by atoms with Gasteiger partial charge in [0.2, 0.25) is 11.1 Å². The van der Waals surface area contributed by atoms with Crippen LogP contribution in [-0.4, -0.2) is 26.5 Å². The molecule has 3 aromatic rings. The average molecular weight is 442 g/mol. The number of nitrogen functional groups attached to an aromatic ring is 1. The van der Waals surface area contributed by atoms with Gasteiger partial charge in [0.15, 0.2) is 5.82 Å². The summed E-state index contributed by atoms with van der Waals surface area (Å²) in [6.45, 7) is 1.95. The zero-order chi connectivity index (χ0) is 21.2. The molecule has 0 saturated carbocycles. The van der Waals surface area contributed by atoms with E-state index in [9.17, 15) is 18.0 Å². The van der Waals surface area contributed by atoms with Crippen molar-refractivity contribution in [3.8, 4) is 11.4 Å². The molecule has 0 radical (unpaired) electrons. The van der Waals surface area contributed by atoms with Crippen molar-refractivity contribution in [1.29, 1.82) is 0 Å². The van der Waals surface area contributed by atoms with Crippen molar-refractivity contribution < 1.29 is 18.0 Å². The Bertz CT molecular complexity index is 1040. The van der Waals surface area contributed by atoms with Gasteiger partial charge in [-0.2, -0.15) is 13.2 Å². The minimum absolute atomic E-state index is 0.000000960. The van der Waals surface area contributed by atoms with Gasteiger partial charge in [-0.3, -0.25) is 4.79 Å². The molecule has 0 spiro atoms. The molecule has 3 N–H and O–H groups in total. The first-order valence-corrected chi connectivity index (χ1v) is 9.58. The van der Waals surface area contributed by atoms with E-state index >= 15 is 0 Å². The van der Waals surface area contributed by atoms with Crippen LogP contribution in [0.15, 0.2) is 47.6 Å². The third-order valence-electron chi connectivity index (χ3n) is 3.87. The van der Waals surface area contributed by atoms with E-state index in [1.807, 2.05) is 31.2 Å². The Morgan fingerprint density at radius 1 is 1.21 bits per heavy atom. The maximum absolute atomic E-state index is 12.8. The number of carbonyl (C=O) groups is 1. The van der Waals surface area contributed by atoms with Crippen molar-refractivity contribution in [2.75, 3.05) is 16.9 Å². The van der Waals surface area contributed by atoms with Crippen LogP contribution in [0.25, 0.3) is 11.4 Å². The number of hydrogen-bond donors (Lipinski definition) is 2. The standard InChI is InChI=1S/C18H15ClF3N5OS/c1-10-2-4-11(5-3-10)16-25-26-17(27(16)23)29-9-15(28)24-14-8-12(18(20,21)22)6-7-13(14)19/h2-8H,9,23H2,1H3,(H,24,28). The van der Waals surface area contributed by atoms with Gasteiger partial charge in [0.1, 0.15) is 0 Å². The molecule has 2 aromatic carbocycles. The first-order chi connectivity index (χ1) is 13.6. The van der Waals surface area contributed by atoms with Crippen molar-refractivity contribution in [2.24, 2.45) is 0 Å². The minimum Gasteiger partial charge on any atom is -0.335 e. The predicted octanol–water partition coefficient (Wildman–Crippen LogP) is 4.37. The van der Waals surface area contributed by atoms with Crippen molar-refractivity contribution in [3.63, 3.8) is 0 Å². The molecule has 0 aliphatic carbocycles. The molecular formula is C18H15ClF3N5OS. The number of anilines is 1. The Morgan fingerprint density at radius 3 is 2.55 bits per heavy atom. The zero-order valence-electron chi connectivity index (χ0n) is 15.0. The summed E-state index contributed by atoms with van der Waals surface area (Å²) >= 11 is 6.88. The number of halogens is 4. The van der Waals surface area contributed by atoms with Crippen LogP contribution in [0.4, 0.5) is 18.9 Å². The second kappa shape index (κ2) is 8.34. The van der Waals surface area contributed by atoms with Gasteiger partial charge in [0, 0.05) is 5.56 Å². The van der Waals surface area contributed by atoms with E-state index in [0.29, 0.717) is 5.82 Å². The van der Waals surface area contributed by atoms with Crippen LogP contribution in [0.2, 0.25) is 5.02 Å². The molecule has 1 amide bonds. The zero-order valence-corrected chi connectivity index (χ0v) is 16.6. The molecule has 0 atom stereocenters. The van der Waals surface area contributed by atoms with Crippen molar-refractivity contribution >= 4 is 35.0 Å². The number of carbonyl (C=O) groups excluding carboxylic acids is 1. The highest BCUT2D eigenvalue weighted by molar-refractivity contribution is 7.99. The first-order valence-electron chi connectivity index (χ1n) is 8.22. The number of aryl methyl sites for hydroxylation is 1. The van der Waals surface area contributed by atoms with E-state index in [-0.39, 0.29) is 21.6 Å². The van der Waals surface area contributed by atoms with Crippen LogP contribution in [0, 0.1) is 6.92 Å². The summed E-state index contributed by atoms with van der Waals surface area (Å²) in [6, 6.07) is 10.2. The van der Waals surface area contributed by atoms with Gasteiger partial charge in [-0.05, 0) is 25.1 Å². The Kier molecular flexibility index (Phi) is 6.04. The molecule has 11 heteroatoms. The van der Waals surface area contributed by atoms with Gasteiger partial charge in [-0.15, -0.1) is 10.2 Å². The van der Waals surface area contributed by atoms with E-state index in [0.717, 1.165) is 41.1 Å². The molecule has 3 rings (SSSR count).